The average molecular weight is 396 g/mol. The van der Waals surface area contributed by atoms with Crippen LogP contribution in [0, 0.1) is 0 Å². The molecule has 0 aliphatic carbocycles. The van der Waals surface area contributed by atoms with Crippen molar-refractivity contribution in [2.45, 2.75) is 12.8 Å². The molecule has 0 atom stereocenters. The van der Waals surface area contributed by atoms with Crippen LogP contribution >= 0.6 is 0 Å². The first kappa shape index (κ1) is 19.3. The van der Waals surface area contributed by atoms with Crippen molar-refractivity contribution in [3.8, 4) is 0 Å². The number of rotatable bonds is 6. The number of benzene rings is 3. The number of aromatic nitrogens is 2. The molecule has 0 unspecified atom stereocenters. The van der Waals surface area contributed by atoms with E-state index in [1.807, 2.05) is 60.7 Å². The Morgan fingerprint density at radius 2 is 1.33 bits per heavy atom. The van der Waals surface area contributed by atoms with Crippen molar-refractivity contribution in [2.24, 2.45) is 5.10 Å². The van der Waals surface area contributed by atoms with E-state index in [0.717, 1.165) is 16.8 Å². The monoisotopic (exact) mass is 396 g/mol. The molecule has 4 rings (SSSR count). The van der Waals surface area contributed by atoms with Crippen molar-refractivity contribution in [1.29, 1.82) is 0 Å². The summed E-state index contributed by atoms with van der Waals surface area (Å²) in [4.78, 5) is 24.7. The van der Waals surface area contributed by atoms with Crippen LogP contribution in [-0.4, -0.2) is 21.8 Å². The van der Waals surface area contributed by atoms with Crippen molar-refractivity contribution in [2.75, 3.05) is 0 Å². The van der Waals surface area contributed by atoms with E-state index in [0.29, 0.717) is 23.6 Å². The second-order valence-electron chi connectivity index (χ2n) is 6.89. The third kappa shape index (κ3) is 4.50. The summed E-state index contributed by atoms with van der Waals surface area (Å²) in [7, 11) is 0. The molecule has 148 valence electrons. The lowest BCUT2D eigenvalue weighted by atomic mass is 10.0. The van der Waals surface area contributed by atoms with Gasteiger partial charge in [-0.1, -0.05) is 78.9 Å². The SMILES string of the molecule is O=C(NN=C(Cc1ccccc1)Cc1ccccc1)c1n[nH]c(=O)c2ccccc12. The Morgan fingerprint density at radius 1 is 0.800 bits per heavy atom. The number of hydrogen-bond acceptors (Lipinski definition) is 4. The number of amides is 1. The quantitative estimate of drug-likeness (QED) is 0.386. The van der Waals surface area contributed by atoms with Crippen molar-refractivity contribution >= 4 is 22.4 Å². The Morgan fingerprint density at radius 3 is 1.93 bits per heavy atom. The van der Waals surface area contributed by atoms with Crippen LogP contribution in [0.3, 0.4) is 0 Å². The highest BCUT2D eigenvalue weighted by Gasteiger charge is 2.14. The Kier molecular flexibility index (Phi) is 5.75. The molecule has 0 aliphatic rings. The first-order valence-corrected chi connectivity index (χ1v) is 9.62. The lowest BCUT2D eigenvalue weighted by molar-refractivity contribution is 0.0950. The third-order valence-corrected chi connectivity index (χ3v) is 4.73. The molecule has 2 N–H and O–H groups in total. The summed E-state index contributed by atoms with van der Waals surface area (Å²) in [5.74, 6) is -0.471. The van der Waals surface area contributed by atoms with Crippen LogP contribution < -0.4 is 11.0 Å². The van der Waals surface area contributed by atoms with Crippen molar-refractivity contribution in [1.82, 2.24) is 15.6 Å². The molecule has 1 aromatic heterocycles. The van der Waals surface area contributed by atoms with Gasteiger partial charge in [-0.15, -0.1) is 0 Å². The summed E-state index contributed by atoms with van der Waals surface area (Å²) in [6.07, 6.45) is 1.21. The highest BCUT2D eigenvalue weighted by molar-refractivity contribution is 6.05. The zero-order chi connectivity index (χ0) is 20.8. The van der Waals surface area contributed by atoms with Crippen LogP contribution in [0.4, 0.5) is 0 Å². The number of carbonyl (C=O) groups is 1. The normalized spacial score (nSPS) is 10.5. The molecule has 30 heavy (non-hydrogen) atoms. The van der Waals surface area contributed by atoms with Gasteiger partial charge >= 0.3 is 0 Å². The number of hydrogen-bond donors (Lipinski definition) is 2. The van der Waals surface area contributed by atoms with E-state index < -0.39 is 5.91 Å². The van der Waals surface area contributed by atoms with Crippen LogP contribution in [-0.2, 0) is 12.8 Å². The van der Waals surface area contributed by atoms with Gasteiger partial charge < -0.3 is 0 Å². The highest BCUT2D eigenvalue weighted by atomic mass is 16.2. The number of H-pyrrole nitrogens is 1. The van der Waals surface area contributed by atoms with Crippen LogP contribution in [0.2, 0.25) is 0 Å². The predicted molar refractivity (Wildman–Crippen MR) is 118 cm³/mol. The van der Waals surface area contributed by atoms with E-state index in [-0.39, 0.29) is 11.3 Å². The van der Waals surface area contributed by atoms with Gasteiger partial charge in [0.1, 0.15) is 0 Å². The fraction of sp³-hybridized carbons (Fsp3) is 0.0833. The Balaban J connectivity index is 1.61. The van der Waals surface area contributed by atoms with Gasteiger partial charge in [-0.25, -0.2) is 10.5 Å². The first-order chi connectivity index (χ1) is 14.7. The lowest BCUT2D eigenvalue weighted by Crippen LogP contribution is -2.24. The van der Waals surface area contributed by atoms with Gasteiger partial charge in [0, 0.05) is 23.9 Å². The van der Waals surface area contributed by atoms with E-state index >= 15 is 0 Å². The fourth-order valence-corrected chi connectivity index (χ4v) is 3.28. The smallest absolute Gasteiger partial charge is 0.267 e. The number of aromatic amines is 1. The van der Waals surface area contributed by atoms with Crippen LogP contribution in [0.1, 0.15) is 21.6 Å². The number of carbonyl (C=O) groups excluding carboxylic acids is 1. The minimum absolute atomic E-state index is 0.132. The second kappa shape index (κ2) is 8.96. The molecule has 0 fully saturated rings. The Bertz CT molecular complexity index is 1200. The molecule has 0 radical (unpaired) electrons. The van der Waals surface area contributed by atoms with E-state index in [1.165, 1.54) is 0 Å². The molecular formula is C24H20N4O2. The molecule has 0 bridgehead atoms. The number of hydrazone groups is 1. The molecule has 0 spiro atoms. The number of nitrogens with zero attached hydrogens (tertiary/aromatic N) is 2. The fourth-order valence-electron chi connectivity index (χ4n) is 3.28. The van der Waals surface area contributed by atoms with Crippen molar-refractivity contribution in [3.05, 3.63) is 112 Å². The molecule has 6 nitrogen and oxygen atoms in total. The van der Waals surface area contributed by atoms with E-state index in [4.69, 9.17) is 0 Å². The summed E-state index contributed by atoms with van der Waals surface area (Å²) in [5.41, 5.74) is 5.44. The number of fused-ring (bicyclic) bond motifs is 1. The van der Waals surface area contributed by atoms with Gasteiger partial charge in [0.05, 0.1) is 5.39 Å². The molecule has 4 aromatic rings. The summed E-state index contributed by atoms with van der Waals surface area (Å²) >= 11 is 0. The van der Waals surface area contributed by atoms with E-state index in [1.54, 1.807) is 24.3 Å². The van der Waals surface area contributed by atoms with Crippen LogP contribution in [0.5, 0.6) is 0 Å². The molecular weight excluding hydrogens is 376 g/mol. The molecule has 0 saturated carbocycles. The van der Waals surface area contributed by atoms with Gasteiger partial charge in [0.25, 0.3) is 11.5 Å². The molecule has 0 aliphatic heterocycles. The molecule has 0 saturated heterocycles. The first-order valence-electron chi connectivity index (χ1n) is 9.62. The standard InChI is InChI=1S/C24H20N4O2/c29-23-21-14-8-7-13-20(21)22(26-27-23)24(30)28-25-19(15-17-9-3-1-4-10-17)16-18-11-5-2-6-12-18/h1-14H,15-16H2,(H,27,29)(H,28,30). The van der Waals surface area contributed by atoms with Gasteiger partial charge in [-0.2, -0.15) is 10.2 Å². The highest BCUT2D eigenvalue weighted by Crippen LogP contribution is 2.12. The predicted octanol–water partition coefficient (Wildman–Crippen LogP) is 3.49. The maximum Gasteiger partial charge on any atom is 0.292 e. The molecule has 3 aromatic carbocycles. The van der Waals surface area contributed by atoms with Gasteiger partial charge in [-0.05, 0) is 17.2 Å². The van der Waals surface area contributed by atoms with Crippen molar-refractivity contribution in [3.63, 3.8) is 0 Å². The molecule has 1 amide bonds. The second-order valence-corrected chi connectivity index (χ2v) is 6.89. The summed E-state index contributed by atoms with van der Waals surface area (Å²) in [6.45, 7) is 0. The summed E-state index contributed by atoms with van der Waals surface area (Å²) in [5, 5.41) is 11.6. The average Bonchev–Trinajstić information content (AvgIpc) is 2.79. The Hall–Kier alpha value is -4.06. The minimum atomic E-state index is -0.471. The maximum atomic E-state index is 12.8. The Labute approximate surface area is 173 Å². The zero-order valence-electron chi connectivity index (χ0n) is 16.2. The maximum absolute atomic E-state index is 12.8. The topological polar surface area (TPSA) is 87.2 Å². The molecule has 1 heterocycles. The van der Waals surface area contributed by atoms with Crippen LogP contribution in [0.15, 0.2) is 94.8 Å². The van der Waals surface area contributed by atoms with Crippen LogP contribution in [0.25, 0.3) is 10.8 Å². The largest absolute Gasteiger partial charge is 0.292 e. The van der Waals surface area contributed by atoms with E-state index in [9.17, 15) is 9.59 Å². The summed E-state index contributed by atoms with van der Waals surface area (Å²) < 4.78 is 0. The van der Waals surface area contributed by atoms with Gasteiger partial charge in [0.2, 0.25) is 0 Å². The minimum Gasteiger partial charge on any atom is -0.267 e. The lowest BCUT2D eigenvalue weighted by Gasteiger charge is -2.09. The number of nitrogens with one attached hydrogen (secondary N) is 2. The summed E-state index contributed by atoms with van der Waals surface area (Å²) in [6, 6.07) is 26.8. The zero-order valence-corrected chi connectivity index (χ0v) is 16.2. The van der Waals surface area contributed by atoms with Gasteiger partial charge in [-0.3, -0.25) is 9.59 Å². The van der Waals surface area contributed by atoms with E-state index in [2.05, 4.69) is 20.7 Å². The van der Waals surface area contributed by atoms with Gasteiger partial charge in [0.15, 0.2) is 5.69 Å². The van der Waals surface area contributed by atoms with Crippen molar-refractivity contribution < 1.29 is 4.79 Å². The molecule has 6 heteroatoms. The third-order valence-electron chi connectivity index (χ3n) is 4.73.